The van der Waals surface area contributed by atoms with Gasteiger partial charge in [0, 0.05) is 18.4 Å². The molecule has 20 heavy (non-hydrogen) atoms. The minimum atomic E-state index is -0.230. The largest absolute Gasteiger partial charge is 0.310 e. The zero-order valence-corrected chi connectivity index (χ0v) is 13.2. The van der Waals surface area contributed by atoms with Gasteiger partial charge in [0.1, 0.15) is 5.82 Å². The van der Waals surface area contributed by atoms with E-state index >= 15 is 0 Å². The van der Waals surface area contributed by atoms with Crippen molar-refractivity contribution >= 4 is 15.9 Å². The summed E-state index contributed by atoms with van der Waals surface area (Å²) in [5, 5.41) is 3.47. The molecule has 2 nitrogen and oxygen atoms in total. The summed E-state index contributed by atoms with van der Waals surface area (Å²) in [6.45, 7) is 5.04. The Balaban J connectivity index is 2.25. The van der Waals surface area contributed by atoms with Crippen molar-refractivity contribution in [1.29, 1.82) is 0 Å². The number of halogens is 2. The molecule has 0 spiro atoms. The van der Waals surface area contributed by atoms with Crippen molar-refractivity contribution in [1.82, 2.24) is 10.3 Å². The summed E-state index contributed by atoms with van der Waals surface area (Å²) >= 11 is 3.24. The van der Waals surface area contributed by atoms with Crippen LogP contribution in [0.1, 0.15) is 29.7 Å². The van der Waals surface area contributed by atoms with E-state index in [9.17, 15) is 4.39 Å². The van der Waals surface area contributed by atoms with E-state index in [1.54, 1.807) is 6.20 Å². The first-order valence-corrected chi connectivity index (χ1v) is 7.49. The van der Waals surface area contributed by atoms with Gasteiger partial charge in [0.15, 0.2) is 0 Å². The second-order valence-corrected chi connectivity index (χ2v) is 5.65. The quantitative estimate of drug-likeness (QED) is 0.885. The molecule has 0 aliphatic heterocycles. The number of hydrogen-bond donors (Lipinski definition) is 1. The lowest BCUT2D eigenvalue weighted by Gasteiger charge is -2.20. The van der Waals surface area contributed by atoms with Crippen LogP contribution in [0.4, 0.5) is 4.39 Å². The molecule has 0 bridgehead atoms. The molecule has 2 rings (SSSR count). The first-order valence-electron chi connectivity index (χ1n) is 6.69. The number of nitrogens with one attached hydrogen (secondary N) is 1. The summed E-state index contributed by atoms with van der Waals surface area (Å²) in [4.78, 5) is 4.21. The van der Waals surface area contributed by atoms with E-state index in [4.69, 9.17) is 0 Å². The molecular formula is C16H18BrFN2. The van der Waals surface area contributed by atoms with Gasteiger partial charge in [-0.3, -0.25) is 4.98 Å². The maximum Gasteiger partial charge on any atom is 0.137 e. The number of nitrogens with zero attached hydrogens (tertiary/aromatic N) is 1. The highest BCUT2D eigenvalue weighted by Crippen LogP contribution is 2.23. The van der Waals surface area contributed by atoms with Crippen molar-refractivity contribution in [3.63, 3.8) is 0 Å². The highest BCUT2D eigenvalue weighted by Gasteiger charge is 2.14. The third kappa shape index (κ3) is 3.64. The van der Waals surface area contributed by atoms with Crippen molar-refractivity contribution in [3.05, 3.63) is 63.6 Å². The van der Waals surface area contributed by atoms with Gasteiger partial charge < -0.3 is 5.32 Å². The molecule has 0 aliphatic rings. The lowest BCUT2D eigenvalue weighted by Crippen LogP contribution is -2.24. The first-order chi connectivity index (χ1) is 9.61. The molecule has 106 valence electrons. The van der Waals surface area contributed by atoms with E-state index < -0.39 is 0 Å². The topological polar surface area (TPSA) is 24.9 Å². The minimum absolute atomic E-state index is 0.186. The van der Waals surface area contributed by atoms with Gasteiger partial charge >= 0.3 is 0 Å². The summed E-state index contributed by atoms with van der Waals surface area (Å²) in [6.07, 6.45) is 4.51. The maximum atomic E-state index is 13.3. The third-order valence-electron chi connectivity index (χ3n) is 3.33. The SMILES string of the molecule is CCNC(Cc1ccc(F)c(Br)c1)c1cnccc1C. The van der Waals surface area contributed by atoms with Gasteiger partial charge in [0.25, 0.3) is 0 Å². The van der Waals surface area contributed by atoms with Crippen LogP contribution in [-0.2, 0) is 6.42 Å². The number of likely N-dealkylation sites (N-methyl/N-ethyl adjacent to an activating group) is 1. The number of pyridine rings is 1. The third-order valence-corrected chi connectivity index (χ3v) is 3.94. The van der Waals surface area contributed by atoms with Crippen LogP contribution in [0.25, 0.3) is 0 Å². The van der Waals surface area contributed by atoms with Gasteiger partial charge in [0.2, 0.25) is 0 Å². The average Bonchev–Trinajstić information content (AvgIpc) is 2.43. The molecule has 0 amide bonds. The molecular weight excluding hydrogens is 319 g/mol. The van der Waals surface area contributed by atoms with E-state index in [0.29, 0.717) is 4.47 Å². The zero-order chi connectivity index (χ0) is 14.5. The van der Waals surface area contributed by atoms with Crippen molar-refractivity contribution in [2.24, 2.45) is 0 Å². The summed E-state index contributed by atoms with van der Waals surface area (Å²) in [7, 11) is 0. The van der Waals surface area contributed by atoms with Crippen LogP contribution in [0.3, 0.4) is 0 Å². The Hall–Kier alpha value is -1.26. The lowest BCUT2D eigenvalue weighted by atomic mass is 9.97. The van der Waals surface area contributed by atoms with Crippen LogP contribution in [0.15, 0.2) is 41.1 Å². The second kappa shape index (κ2) is 6.95. The second-order valence-electron chi connectivity index (χ2n) is 4.80. The fourth-order valence-corrected chi connectivity index (χ4v) is 2.71. The summed E-state index contributed by atoms with van der Waals surface area (Å²) in [6, 6.07) is 7.37. The monoisotopic (exact) mass is 336 g/mol. The minimum Gasteiger partial charge on any atom is -0.310 e. The fraction of sp³-hybridized carbons (Fsp3) is 0.312. The Morgan fingerprint density at radius 2 is 2.15 bits per heavy atom. The fourth-order valence-electron chi connectivity index (χ4n) is 2.28. The van der Waals surface area contributed by atoms with E-state index in [0.717, 1.165) is 18.5 Å². The molecule has 0 saturated carbocycles. The van der Waals surface area contributed by atoms with Crippen LogP contribution >= 0.6 is 15.9 Å². The molecule has 2 aromatic rings. The molecule has 1 unspecified atom stereocenters. The van der Waals surface area contributed by atoms with Gasteiger partial charge in [-0.15, -0.1) is 0 Å². The van der Waals surface area contributed by atoms with Crippen LogP contribution in [0.2, 0.25) is 0 Å². The Kier molecular flexibility index (Phi) is 5.26. The molecule has 0 aliphatic carbocycles. The number of rotatable bonds is 5. The number of hydrogen-bond acceptors (Lipinski definition) is 2. The molecule has 0 fully saturated rings. The molecule has 4 heteroatoms. The Morgan fingerprint density at radius 3 is 2.80 bits per heavy atom. The molecule has 1 N–H and O–H groups in total. The van der Waals surface area contributed by atoms with E-state index in [-0.39, 0.29) is 11.9 Å². The van der Waals surface area contributed by atoms with E-state index in [1.807, 2.05) is 24.4 Å². The first kappa shape index (κ1) is 15.1. The van der Waals surface area contributed by atoms with Crippen molar-refractivity contribution in [2.45, 2.75) is 26.3 Å². The van der Waals surface area contributed by atoms with Gasteiger partial charge in [-0.25, -0.2) is 4.39 Å². The maximum absolute atomic E-state index is 13.3. The van der Waals surface area contributed by atoms with Crippen molar-refractivity contribution in [3.8, 4) is 0 Å². The average molecular weight is 337 g/mol. The standard InChI is InChI=1S/C16H18BrFN2/c1-3-20-16(13-10-19-7-6-11(13)2)9-12-4-5-15(18)14(17)8-12/h4-8,10,16,20H,3,9H2,1-2H3. The van der Waals surface area contributed by atoms with Crippen LogP contribution in [0, 0.1) is 12.7 Å². The molecule has 1 aromatic carbocycles. The predicted molar refractivity (Wildman–Crippen MR) is 83.2 cm³/mol. The smallest absolute Gasteiger partial charge is 0.137 e. The van der Waals surface area contributed by atoms with Crippen molar-refractivity contribution < 1.29 is 4.39 Å². The Bertz CT molecular complexity index is 586. The normalized spacial score (nSPS) is 12.4. The van der Waals surface area contributed by atoms with Gasteiger partial charge in [-0.05, 0) is 70.7 Å². The zero-order valence-electron chi connectivity index (χ0n) is 11.7. The molecule has 0 saturated heterocycles. The van der Waals surface area contributed by atoms with Crippen LogP contribution in [0.5, 0.6) is 0 Å². The van der Waals surface area contributed by atoms with Crippen LogP contribution < -0.4 is 5.32 Å². The number of benzene rings is 1. The van der Waals surface area contributed by atoms with Crippen LogP contribution in [-0.4, -0.2) is 11.5 Å². The van der Waals surface area contributed by atoms with Gasteiger partial charge in [-0.1, -0.05) is 13.0 Å². The molecule has 1 aromatic heterocycles. The highest BCUT2D eigenvalue weighted by atomic mass is 79.9. The van der Waals surface area contributed by atoms with E-state index in [2.05, 4.69) is 40.1 Å². The Morgan fingerprint density at radius 1 is 1.35 bits per heavy atom. The number of aryl methyl sites for hydroxylation is 1. The summed E-state index contributed by atoms with van der Waals surface area (Å²) < 4.78 is 13.8. The lowest BCUT2D eigenvalue weighted by molar-refractivity contribution is 0.544. The molecule has 1 atom stereocenters. The van der Waals surface area contributed by atoms with Gasteiger partial charge in [-0.2, -0.15) is 0 Å². The summed E-state index contributed by atoms with van der Waals surface area (Å²) in [5.41, 5.74) is 3.49. The Labute approximate surface area is 127 Å². The highest BCUT2D eigenvalue weighted by molar-refractivity contribution is 9.10. The molecule has 1 heterocycles. The van der Waals surface area contributed by atoms with Gasteiger partial charge in [0.05, 0.1) is 4.47 Å². The van der Waals surface area contributed by atoms with E-state index in [1.165, 1.54) is 17.2 Å². The molecule has 0 radical (unpaired) electrons. The number of aromatic nitrogens is 1. The predicted octanol–water partition coefficient (Wildman–Crippen LogP) is 4.18. The van der Waals surface area contributed by atoms with Crippen molar-refractivity contribution in [2.75, 3.05) is 6.54 Å². The summed E-state index contributed by atoms with van der Waals surface area (Å²) in [5.74, 6) is -0.230.